The van der Waals surface area contributed by atoms with Crippen LogP contribution in [0.3, 0.4) is 0 Å². The monoisotopic (exact) mass is 450 g/mol. The predicted octanol–water partition coefficient (Wildman–Crippen LogP) is 3.83. The van der Waals surface area contributed by atoms with E-state index in [0.717, 1.165) is 27.3 Å². The summed E-state index contributed by atoms with van der Waals surface area (Å²) in [6.45, 7) is 0.937. The summed E-state index contributed by atoms with van der Waals surface area (Å²) >= 11 is 2.25. The lowest BCUT2D eigenvalue weighted by atomic mass is 10.2. The Hall–Kier alpha value is -2.09. The van der Waals surface area contributed by atoms with E-state index in [9.17, 15) is 4.79 Å². The number of alkyl halides is 1. The van der Waals surface area contributed by atoms with Crippen LogP contribution in [-0.4, -0.2) is 33.4 Å². The molecule has 3 aromatic rings. The van der Waals surface area contributed by atoms with Gasteiger partial charge in [0.05, 0.1) is 24.1 Å². The molecule has 1 aromatic heterocycles. The molecule has 0 bridgehead atoms. The molecule has 1 heterocycles. The molecule has 0 spiro atoms. The summed E-state index contributed by atoms with van der Waals surface area (Å²) in [6.07, 6.45) is 0.848. The summed E-state index contributed by atoms with van der Waals surface area (Å²) in [5, 5.41) is 5.43. The van der Waals surface area contributed by atoms with Gasteiger partial charge in [-0.05, 0) is 24.1 Å². The molecule has 2 aromatic carbocycles. The molecule has 0 unspecified atom stereocenters. The first kappa shape index (κ1) is 17.7. The second-order valence-corrected chi connectivity index (χ2v) is 6.60. The van der Waals surface area contributed by atoms with E-state index in [2.05, 4.69) is 39.8 Å². The number of hydrogen-bond acceptors (Lipinski definition) is 4. The molecule has 130 valence electrons. The van der Waals surface area contributed by atoms with Crippen molar-refractivity contribution in [3.8, 4) is 5.88 Å². The van der Waals surface area contributed by atoms with Crippen LogP contribution in [0.4, 0.5) is 0 Å². The summed E-state index contributed by atoms with van der Waals surface area (Å²) in [5.41, 5.74) is 2.13. The topological polar surface area (TPSA) is 53.3 Å². The van der Waals surface area contributed by atoms with Gasteiger partial charge in [0.2, 0.25) is 5.88 Å². The lowest BCUT2D eigenvalue weighted by Crippen LogP contribution is -2.16. The van der Waals surface area contributed by atoms with Crippen molar-refractivity contribution in [1.29, 1.82) is 0 Å². The van der Waals surface area contributed by atoms with Crippen LogP contribution in [0.25, 0.3) is 10.9 Å². The first-order valence-corrected chi connectivity index (χ1v) is 9.64. The summed E-state index contributed by atoms with van der Waals surface area (Å²) in [4.78, 5) is 11.7. The van der Waals surface area contributed by atoms with Gasteiger partial charge in [-0.2, -0.15) is 0 Å². The Bertz CT molecular complexity index is 833. The molecule has 0 aliphatic rings. The lowest BCUT2D eigenvalue weighted by molar-refractivity contribution is -0.146. The Morgan fingerprint density at radius 1 is 1.08 bits per heavy atom. The van der Waals surface area contributed by atoms with Crippen LogP contribution in [0.5, 0.6) is 5.88 Å². The molecule has 6 heteroatoms. The second-order valence-electron chi connectivity index (χ2n) is 5.52. The number of fused-ring (bicyclic) bond motifs is 1. The Kier molecular flexibility index (Phi) is 6.27. The van der Waals surface area contributed by atoms with E-state index in [1.165, 1.54) is 0 Å². The van der Waals surface area contributed by atoms with Crippen molar-refractivity contribution in [1.82, 2.24) is 9.78 Å². The van der Waals surface area contributed by atoms with Crippen molar-refractivity contribution in [2.24, 2.45) is 0 Å². The lowest BCUT2D eigenvalue weighted by Gasteiger charge is -2.04. The first-order chi connectivity index (χ1) is 12.3. The Morgan fingerprint density at radius 3 is 2.64 bits per heavy atom. The fraction of sp³-hybridized carbons (Fsp3) is 0.263. The highest BCUT2D eigenvalue weighted by Gasteiger charge is 2.13. The zero-order valence-electron chi connectivity index (χ0n) is 13.7. The number of hydrogen-bond donors (Lipinski definition) is 0. The van der Waals surface area contributed by atoms with Crippen molar-refractivity contribution >= 4 is 39.5 Å². The highest BCUT2D eigenvalue weighted by molar-refractivity contribution is 14.1. The van der Waals surface area contributed by atoms with Crippen molar-refractivity contribution in [3.05, 3.63) is 60.2 Å². The van der Waals surface area contributed by atoms with Crippen LogP contribution in [0, 0.1) is 0 Å². The number of carbonyl (C=O) groups is 1. The summed E-state index contributed by atoms with van der Waals surface area (Å²) in [6, 6.07) is 18.0. The van der Waals surface area contributed by atoms with Gasteiger partial charge in [0, 0.05) is 4.43 Å². The molecule has 0 aliphatic heterocycles. The van der Waals surface area contributed by atoms with E-state index in [1.807, 2.05) is 47.1 Å². The Morgan fingerprint density at radius 2 is 1.84 bits per heavy atom. The van der Waals surface area contributed by atoms with Gasteiger partial charge in [-0.25, -0.2) is 4.79 Å². The van der Waals surface area contributed by atoms with Gasteiger partial charge in [0.1, 0.15) is 0 Å². The van der Waals surface area contributed by atoms with Crippen LogP contribution < -0.4 is 4.74 Å². The fourth-order valence-electron chi connectivity index (χ4n) is 2.49. The van der Waals surface area contributed by atoms with Crippen molar-refractivity contribution in [2.75, 3.05) is 17.6 Å². The average Bonchev–Trinajstić information content (AvgIpc) is 2.99. The molecule has 3 rings (SSSR count). The number of carbonyl (C=O) groups excluding carboxylic acids is 1. The molecule has 0 saturated carbocycles. The van der Waals surface area contributed by atoms with Gasteiger partial charge in [-0.15, -0.1) is 5.10 Å². The van der Waals surface area contributed by atoms with Crippen LogP contribution in [0.2, 0.25) is 0 Å². The predicted molar refractivity (Wildman–Crippen MR) is 105 cm³/mol. The number of benzene rings is 2. The highest BCUT2D eigenvalue weighted by atomic mass is 127. The fourth-order valence-corrected chi connectivity index (χ4v) is 2.80. The van der Waals surface area contributed by atoms with Gasteiger partial charge in [-0.1, -0.05) is 65.1 Å². The van der Waals surface area contributed by atoms with Crippen LogP contribution in [0.1, 0.15) is 12.0 Å². The number of esters is 1. The maximum absolute atomic E-state index is 11.7. The molecular formula is C19H19IN2O3. The van der Waals surface area contributed by atoms with Crippen LogP contribution in [-0.2, 0) is 16.1 Å². The third kappa shape index (κ3) is 4.72. The standard InChI is InChI=1S/C19H19IN2O3/c20-11-6-12-24-18(23)14-25-19-16-9-4-5-10-17(16)22(21-19)13-15-7-2-1-3-8-15/h1-5,7-10H,6,11-14H2. The maximum atomic E-state index is 11.7. The summed E-state index contributed by atoms with van der Waals surface area (Å²) in [7, 11) is 0. The minimum absolute atomic E-state index is 0.131. The summed E-state index contributed by atoms with van der Waals surface area (Å²) < 4.78 is 13.6. The Balaban J connectivity index is 1.74. The molecular weight excluding hydrogens is 431 g/mol. The maximum Gasteiger partial charge on any atom is 0.344 e. The Labute approximate surface area is 160 Å². The number of halogens is 1. The van der Waals surface area contributed by atoms with E-state index >= 15 is 0 Å². The van der Waals surface area contributed by atoms with Crippen molar-refractivity contribution < 1.29 is 14.3 Å². The molecule has 0 saturated heterocycles. The summed E-state index contributed by atoms with van der Waals surface area (Å²) in [5.74, 6) is 0.0870. The van der Waals surface area contributed by atoms with E-state index in [4.69, 9.17) is 9.47 Å². The number of ether oxygens (including phenoxy) is 2. The van der Waals surface area contributed by atoms with Gasteiger partial charge < -0.3 is 9.47 Å². The molecule has 0 radical (unpaired) electrons. The number of para-hydroxylation sites is 1. The zero-order valence-corrected chi connectivity index (χ0v) is 15.9. The normalized spacial score (nSPS) is 10.8. The van der Waals surface area contributed by atoms with E-state index in [1.54, 1.807) is 0 Å². The molecule has 0 fully saturated rings. The molecule has 25 heavy (non-hydrogen) atoms. The quantitative estimate of drug-likeness (QED) is 0.227. The average molecular weight is 450 g/mol. The highest BCUT2D eigenvalue weighted by Crippen LogP contribution is 2.25. The van der Waals surface area contributed by atoms with Crippen molar-refractivity contribution in [3.63, 3.8) is 0 Å². The largest absolute Gasteiger partial charge is 0.464 e. The third-order valence-electron chi connectivity index (χ3n) is 3.67. The minimum Gasteiger partial charge on any atom is -0.464 e. The smallest absolute Gasteiger partial charge is 0.344 e. The molecule has 0 N–H and O–H groups in total. The zero-order chi connectivity index (χ0) is 17.5. The van der Waals surface area contributed by atoms with Gasteiger partial charge in [0.25, 0.3) is 0 Å². The van der Waals surface area contributed by atoms with Gasteiger partial charge in [-0.3, -0.25) is 4.68 Å². The van der Waals surface area contributed by atoms with Crippen LogP contribution >= 0.6 is 22.6 Å². The SMILES string of the molecule is O=C(COc1nn(Cc2ccccc2)c2ccccc12)OCCCI. The van der Waals surface area contributed by atoms with E-state index in [-0.39, 0.29) is 12.6 Å². The van der Waals surface area contributed by atoms with Gasteiger partial charge >= 0.3 is 5.97 Å². The van der Waals surface area contributed by atoms with E-state index in [0.29, 0.717) is 19.0 Å². The van der Waals surface area contributed by atoms with Crippen molar-refractivity contribution in [2.45, 2.75) is 13.0 Å². The number of aromatic nitrogens is 2. The minimum atomic E-state index is -0.369. The van der Waals surface area contributed by atoms with E-state index < -0.39 is 0 Å². The second kappa shape index (κ2) is 8.84. The number of nitrogens with zero attached hydrogens (tertiary/aromatic N) is 2. The molecule has 0 aliphatic carbocycles. The molecule has 0 amide bonds. The first-order valence-electron chi connectivity index (χ1n) is 8.12. The van der Waals surface area contributed by atoms with Crippen LogP contribution in [0.15, 0.2) is 54.6 Å². The number of rotatable bonds is 8. The van der Waals surface area contributed by atoms with Gasteiger partial charge in [0.15, 0.2) is 6.61 Å². The molecule has 0 atom stereocenters. The molecule has 5 nitrogen and oxygen atoms in total. The third-order valence-corrected chi connectivity index (χ3v) is 4.43.